The maximum absolute atomic E-state index is 2.38. The van der Waals surface area contributed by atoms with E-state index in [0.29, 0.717) is 0 Å². The van der Waals surface area contributed by atoms with E-state index < -0.39 is 0 Å². The van der Waals surface area contributed by atoms with Gasteiger partial charge >= 0.3 is 65.2 Å². The van der Waals surface area contributed by atoms with Crippen molar-refractivity contribution in [3.05, 3.63) is 85.0 Å². The molecule has 0 aliphatic heterocycles. The third-order valence-electron chi connectivity index (χ3n) is 8.84. The third-order valence-corrected chi connectivity index (χ3v) is 8.84. The Morgan fingerprint density at radius 1 is 0.410 bits per heavy atom. The number of hydrogen-bond acceptors (Lipinski definition) is 0. The third kappa shape index (κ3) is 10.9. The molecule has 3 aliphatic carbocycles. The zero-order valence-corrected chi connectivity index (χ0v) is 31.8. The first-order valence-electron chi connectivity index (χ1n) is 13.6. The fourth-order valence-corrected chi connectivity index (χ4v) is 6.37. The van der Waals surface area contributed by atoms with Crippen molar-refractivity contribution in [2.24, 2.45) is 0 Å². The van der Waals surface area contributed by atoms with Gasteiger partial charge in [-0.25, -0.2) is 18.2 Å². The van der Waals surface area contributed by atoms with Crippen molar-refractivity contribution in [2.45, 2.75) is 119 Å². The Bertz CT molecular complexity index is 966. The van der Waals surface area contributed by atoms with E-state index in [2.05, 4.69) is 59.7 Å². The average molecular weight is 692 g/mol. The molecular formula is C33H45Cl3Ti3. The summed E-state index contributed by atoms with van der Waals surface area (Å²) in [7, 11) is 0. The van der Waals surface area contributed by atoms with E-state index in [9.17, 15) is 0 Å². The van der Waals surface area contributed by atoms with Gasteiger partial charge in [0.1, 0.15) is 0 Å². The zero-order chi connectivity index (χ0) is 23.5. The second kappa shape index (κ2) is 20.9. The summed E-state index contributed by atoms with van der Waals surface area (Å²) >= 11 is 0. The van der Waals surface area contributed by atoms with Crippen LogP contribution in [0, 0.1) is 41.5 Å². The average Bonchev–Trinajstić information content (AvgIpc) is 3.40. The van der Waals surface area contributed by atoms with Crippen LogP contribution in [0.25, 0.3) is 0 Å². The molecule has 0 amide bonds. The number of fused-ring (bicyclic) bond motifs is 3. The molecule has 0 atom stereocenters. The molecule has 6 rings (SSSR count). The van der Waals surface area contributed by atoms with E-state index >= 15 is 0 Å². The number of aryl methyl sites for hydroxylation is 6. The first-order chi connectivity index (χ1) is 15.9. The topological polar surface area (TPSA) is 0 Å². The Morgan fingerprint density at radius 3 is 0.821 bits per heavy atom. The first-order valence-corrected chi connectivity index (χ1v) is 13.6. The summed E-state index contributed by atoms with van der Waals surface area (Å²) in [4.78, 5) is 0. The molecule has 39 heavy (non-hydrogen) atoms. The second-order valence-electron chi connectivity index (χ2n) is 11.0. The minimum atomic E-state index is 0. The van der Waals surface area contributed by atoms with E-state index in [1.54, 1.807) is 50.1 Å². The second-order valence-corrected chi connectivity index (χ2v) is 11.0. The van der Waals surface area contributed by atoms with Crippen molar-refractivity contribution in [1.29, 1.82) is 0 Å². The van der Waals surface area contributed by atoms with Gasteiger partial charge in [-0.15, -0.1) is 0 Å². The fraction of sp³-hybridized carbons (Fsp3) is 0.545. The fourth-order valence-electron chi connectivity index (χ4n) is 6.37. The Balaban J connectivity index is -0.000000463. The van der Waals surface area contributed by atoms with E-state index in [4.69, 9.17) is 0 Å². The summed E-state index contributed by atoms with van der Waals surface area (Å²) in [6.07, 6.45) is 16.4. The van der Waals surface area contributed by atoms with Crippen LogP contribution in [-0.2, 0) is 104 Å². The van der Waals surface area contributed by atoms with Crippen molar-refractivity contribution in [3.63, 3.8) is 0 Å². The van der Waals surface area contributed by atoms with Crippen molar-refractivity contribution in [2.75, 3.05) is 0 Å². The SMILES string of the molecule is Cc1cc2c([c-]1C)CCCC2.Cc1cc2c([c-]1C)CCCC2.Cc1cc2c([c-]1C)CCCC2.[Cl-].[Cl-].[Cl-].[Ti+2].[Ti+2].[Ti+2]. The largest absolute Gasteiger partial charge is 2.00 e. The van der Waals surface area contributed by atoms with Crippen LogP contribution in [0.3, 0.4) is 0 Å². The van der Waals surface area contributed by atoms with Gasteiger partial charge in [0.15, 0.2) is 0 Å². The molecule has 0 nitrogen and oxygen atoms in total. The molecule has 0 aromatic heterocycles. The molecular weight excluding hydrogens is 646 g/mol. The monoisotopic (exact) mass is 690 g/mol. The number of hydrogen-bond donors (Lipinski definition) is 0. The van der Waals surface area contributed by atoms with Crippen molar-refractivity contribution in [3.8, 4) is 0 Å². The van der Waals surface area contributed by atoms with E-state index in [0.717, 1.165) is 0 Å². The van der Waals surface area contributed by atoms with Gasteiger partial charge in [0.25, 0.3) is 0 Å². The summed E-state index contributed by atoms with van der Waals surface area (Å²) in [5.41, 5.74) is 19.0. The summed E-state index contributed by atoms with van der Waals surface area (Å²) in [6.45, 7) is 13.5. The number of rotatable bonds is 0. The predicted molar refractivity (Wildman–Crippen MR) is 144 cm³/mol. The molecule has 6 heteroatoms. The normalized spacial score (nSPS) is 14.0. The van der Waals surface area contributed by atoms with E-state index in [1.807, 2.05) is 0 Å². The van der Waals surface area contributed by atoms with Crippen LogP contribution in [0.5, 0.6) is 0 Å². The van der Waals surface area contributed by atoms with Gasteiger partial charge in [-0.05, 0) is 0 Å². The van der Waals surface area contributed by atoms with Gasteiger partial charge in [0, 0.05) is 0 Å². The van der Waals surface area contributed by atoms with Crippen molar-refractivity contribution >= 4 is 0 Å². The molecule has 0 fully saturated rings. The minimum absolute atomic E-state index is 0. The number of halogens is 3. The van der Waals surface area contributed by atoms with E-state index in [-0.39, 0.29) is 102 Å². The molecule has 0 saturated carbocycles. The molecule has 3 aromatic carbocycles. The standard InChI is InChI=1S/3C11H15.3ClH.3Ti/c3*1-8-7-10-5-3-4-6-11(10)9(8)2;;;;;;/h3*7H,3-6H2,1-2H3;3*1H;;;/q3*-1;;;;3*+2/p-3. The summed E-state index contributed by atoms with van der Waals surface area (Å²) in [5, 5.41) is 0. The van der Waals surface area contributed by atoms with Crippen LogP contribution in [-0.4, -0.2) is 0 Å². The molecule has 0 N–H and O–H groups in total. The minimum Gasteiger partial charge on any atom is -1.00 e. The quantitative estimate of drug-likeness (QED) is 0.225. The van der Waals surface area contributed by atoms with Crippen LogP contribution in [0.4, 0.5) is 0 Å². The van der Waals surface area contributed by atoms with Crippen LogP contribution in [0.15, 0.2) is 18.2 Å². The Hall–Kier alpha value is 1.06. The van der Waals surface area contributed by atoms with Crippen molar-refractivity contribution < 1.29 is 102 Å². The van der Waals surface area contributed by atoms with Crippen LogP contribution in [0.2, 0.25) is 0 Å². The Morgan fingerprint density at radius 2 is 0.615 bits per heavy atom. The molecule has 0 saturated heterocycles. The van der Waals surface area contributed by atoms with E-state index in [1.165, 1.54) is 93.7 Å². The zero-order valence-electron chi connectivity index (χ0n) is 24.9. The van der Waals surface area contributed by atoms with Gasteiger partial charge in [0.2, 0.25) is 0 Å². The molecule has 3 aliphatic rings. The molecule has 0 spiro atoms. The molecule has 0 bridgehead atoms. The van der Waals surface area contributed by atoms with Gasteiger partial charge < -0.3 is 37.2 Å². The van der Waals surface area contributed by atoms with Crippen LogP contribution < -0.4 is 37.2 Å². The van der Waals surface area contributed by atoms with Gasteiger partial charge in [-0.2, -0.15) is 66.8 Å². The summed E-state index contributed by atoms with van der Waals surface area (Å²) < 4.78 is 0. The van der Waals surface area contributed by atoms with Crippen LogP contribution in [0.1, 0.15) is 105 Å². The Kier molecular flexibility index (Phi) is 23.8. The summed E-state index contributed by atoms with van der Waals surface area (Å²) in [6, 6.07) is 7.14. The van der Waals surface area contributed by atoms with Crippen LogP contribution >= 0.6 is 0 Å². The summed E-state index contributed by atoms with van der Waals surface area (Å²) in [5.74, 6) is 0. The molecule has 3 aromatic rings. The predicted octanol–water partition coefficient (Wildman–Crippen LogP) is -0.292. The molecule has 210 valence electrons. The van der Waals surface area contributed by atoms with Gasteiger partial charge in [-0.3, -0.25) is 0 Å². The van der Waals surface area contributed by atoms with Gasteiger partial charge in [-0.1, -0.05) is 119 Å². The van der Waals surface area contributed by atoms with Gasteiger partial charge in [0.05, 0.1) is 0 Å². The molecule has 0 unspecified atom stereocenters. The van der Waals surface area contributed by atoms with Crippen molar-refractivity contribution in [1.82, 2.24) is 0 Å². The first kappa shape index (κ1) is 44.5. The smallest absolute Gasteiger partial charge is 1.00 e. The maximum atomic E-state index is 2.38. The molecule has 0 heterocycles. The Labute approximate surface area is 303 Å². The molecule has 0 radical (unpaired) electrons. The maximum Gasteiger partial charge on any atom is 2.00 e.